The number of rotatable bonds is 7. The summed E-state index contributed by atoms with van der Waals surface area (Å²) in [6, 6.07) is 7.68. The molecule has 1 heterocycles. The molecule has 0 saturated carbocycles. The predicted molar refractivity (Wildman–Crippen MR) is 78.2 cm³/mol. The summed E-state index contributed by atoms with van der Waals surface area (Å²) >= 11 is 0. The molecular weight excluding hydrogens is 270 g/mol. The largest absolute Gasteiger partial charge is 0.480 e. The zero-order valence-electron chi connectivity index (χ0n) is 12.2. The maximum atomic E-state index is 11.0. The lowest BCUT2D eigenvalue weighted by molar-refractivity contribution is -0.135. The number of carboxylic acids is 1. The van der Waals surface area contributed by atoms with E-state index in [9.17, 15) is 4.79 Å². The first-order valence-corrected chi connectivity index (χ1v) is 6.93. The molecule has 1 N–H and O–H groups in total. The van der Waals surface area contributed by atoms with E-state index in [2.05, 4.69) is 10.1 Å². The van der Waals surface area contributed by atoms with Crippen molar-refractivity contribution in [1.29, 1.82) is 0 Å². The standard InChI is InChI=1S/C15H19N3O3/c1-3-4-14-16-13(17-21-14)9-18(10-15(19)20)12-7-5-11(2)6-8-12/h5-8H,3-4,9-10H2,1-2H3,(H,19,20). The molecule has 2 aromatic rings. The highest BCUT2D eigenvalue weighted by Crippen LogP contribution is 2.17. The van der Waals surface area contributed by atoms with Crippen molar-refractivity contribution in [2.75, 3.05) is 11.4 Å². The molecule has 0 amide bonds. The zero-order valence-corrected chi connectivity index (χ0v) is 12.2. The number of carboxylic acid groups (broad SMARTS) is 1. The average Bonchev–Trinajstić information content (AvgIpc) is 2.86. The number of carbonyl (C=O) groups is 1. The first kappa shape index (κ1) is 15.0. The molecule has 0 aliphatic rings. The molecule has 0 atom stereocenters. The van der Waals surface area contributed by atoms with Crippen LogP contribution < -0.4 is 4.90 Å². The van der Waals surface area contributed by atoms with Crippen molar-refractivity contribution in [2.45, 2.75) is 33.2 Å². The van der Waals surface area contributed by atoms with Gasteiger partial charge in [0.05, 0.1) is 6.54 Å². The highest BCUT2D eigenvalue weighted by molar-refractivity contribution is 5.73. The third kappa shape index (κ3) is 4.30. The molecule has 0 aliphatic heterocycles. The third-order valence-electron chi connectivity index (χ3n) is 3.03. The van der Waals surface area contributed by atoms with Gasteiger partial charge in [0.2, 0.25) is 5.89 Å². The lowest BCUT2D eigenvalue weighted by Crippen LogP contribution is -2.29. The first-order valence-electron chi connectivity index (χ1n) is 6.93. The quantitative estimate of drug-likeness (QED) is 0.843. The van der Waals surface area contributed by atoms with E-state index in [4.69, 9.17) is 9.63 Å². The van der Waals surface area contributed by atoms with Gasteiger partial charge in [-0.3, -0.25) is 4.79 Å². The molecule has 1 aromatic carbocycles. The van der Waals surface area contributed by atoms with E-state index in [-0.39, 0.29) is 6.54 Å². The summed E-state index contributed by atoms with van der Waals surface area (Å²) in [5.74, 6) is 0.194. The van der Waals surface area contributed by atoms with E-state index in [0.717, 1.165) is 24.1 Å². The van der Waals surface area contributed by atoms with E-state index in [1.807, 2.05) is 38.1 Å². The van der Waals surface area contributed by atoms with Crippen LogP contribution in [0.15, 0.2) is 28.8 Å². The second kappa shape index (κ2) is 6.88. The maximum absolute atomic E-state index is 11.0. The normalized spacial score (nSPS) is 10.6. The molecule has 0 radical (unpaired) electrons. The van der Waals surface area contributed by atoms with Crippen LogP contribution in [0.25, 0.3) is 0 Å². The monoisotopic (exact) mass is 289 g/mol. The van der Waals surface area contributed by atoms with E-state index >= 15 is 0 Å². The van der Waals surface area contributed by atoms with Crippen LogP contribution in [0.2, 0.25) is 0 Å². The van der Waals surface area contributed by atoms with Crippen LogP contribution in [0.1, 0.15) is 30.6 Å². The smallest absolute Gasteiger partial charge is 0.323 e. The molecule has 6 nitrogen and oxygen atoms in total. The van der Waals surface area contributed by atoms with Crippen molar-refractivity contribution < 1.29 is 14.4 Å². The fourth-order valence-corrected chi connectivity index (χ4v) is 2.00. The lowest BCUT2D eigenvalue weighted by Gasteiger charge is -2.21. The van der Waals surface area contributed by atoms with Crippen molar-refractivity contribution in [3.05, 3.63) is 41.5 Å². The van der Waals surface area contributed by atoms with Crippen molar-refractivity contribution in [2.24, 2.45) is 0 Å². The number of anilines is 1. The minimum Gasteiger partial charge on any atom is -0.480 e. The Kier molecular flexibility index (Phi) is 4.92. The number of hydrogen-bond donors (Lipinski definition) is 1. The number of hydrogen-bond acceptors (Lipinski definition) is 5. The number of aryl methyl sites for hydroxylation is 2. The fraction of sp³-hybridized carbons (Fsp3) is 0.400. The molecule has 0 saturated heterocycles. The van der Waals surface area contributed by atoms with E-state index in [1.165, 1.54) is 0 Å². The second-order valence-corrected chi connectivity index (χ2v) is 4.94. The number of aliphatic carboxylic acids is 1. The summed E-state index contributed by atoms with van der Waals surface area (Å²) in [5, 5.41) is 13.0. The van der Waals surface area contributed by atoms with Gasteiger partial charge < -0.3 is 14.5 Å². The Morgan fingerprint density at radius 1 is 1.33 bits per heavy atom. The molecule has 6 heteroatoms. The average molecular weight is 289 g/mol. The van der Waals surface area contributed by atoms with Crippen LogP contribution in [-0.4, -0.2) is 27.8 Å². The number of nitrogens with zero attached hydrogens (tertiary/aromatic N) is 3. The highest BCUT2D eigenvalue weighted by atomic mass is 16.5. The summed E-state index contributed by atoms with van der Waals surface area (Å²) in [5.41, 5.74) is 1.95. The van der Waals surface area contributed by atoms with Gasteiger partial charge in [-0.25, -0.2) is 0 Å². The van der Waals surface area contributed by atoms with Gasteiger partial charge in [0, 0.05) is 12.1 Å². The van der Waals surface area contributed by atoms with Gasteiger partial charge in [0.25, 0.3) is 0 Å². The molecule has 2 rings (SSSR count). The van der Waals surface area contributed by atoms with Crippen LogP contribution in [0, 0.1) is 6.92 Å². The fourth-order valence-electron chi connectivity index (χ4n) is 2.00. The topological polar surface area (TPSA) is 79.5 Å². The molecular formula is C15H19N3O3. The van der Waals surface area contributed by atoms with Gasteiger partial charge in [-0.15, -0.1) is 0 Å². The van der Waals surface area contributed by atoms with Gasteiger partial charge >= 0.3 is 5.97 Å². The van der Waals surface area contributed by atoms with Crippen molar-refractivity contribution in [3.63, 3.8) is 0 Å². The van der Waals surface area contributed by atoms with Crippen LogP contribution in [0.5, 0.6) is 0 Å². The Morgan fingerprint density at radius 3 is 2.67 bits per heavy atom. The molecule has 0 unspecified atom stereocenters. The van der Waals surface area contributed by atoms with Gasteiger partial charge in [-0.05, 0) is 25.5 Å². The van der Waals surface area contributed by atoms with E-state index in [0.29, 0.717) is 18.3 Å². The number of aromatic nitrogens is 2. The van der Waals surface area contributed by atoms with Gasteiger partial charge in [-0.1, -0.05) is 29.8 Å². The molecule has 112 valence electrons. The molecule has 0 aliphatic carbocycles. The molecule has 21 heavy (non-hydrogen) atoms. The Morgan fingerprint density at radius 2 is 2.05 bits per heavy atom. The minimum atomic E-state index is -0.896. The van der Waals surface area contributed by atoms with Gasteiger partial charge in [-0.2, -0.15) is 4.98 Å². The van der Waals surface area contributed by atoms with Crippen LogP contribution >= 0.6 is 0 Å². The minimum absolute atomic E-state index is 0.110. The highest BCUT2D eigenvalue weighted by Gasteiger charge is 2.15. The second-order valence-electron chi connectivity index (χ2n) is 4.94. The van der Waals surface area contributed by atoms with E-state index < -0.39 is 5.97 Å². The van der Waals surface area contributed by atoms with Crippen LogP contribution in [0.3, 0.4) is 0 Å². The maximum Gasteiger partial charge on any atom is 0.323 e. The van der Waals surface area contributed by atoms with Gasteiger partial charge in [0.15, 0.2) is 5.82 Å². The summed E-state index contributed by atoms with van der Waals surface area (Å²) in [6.07, 6.45) is 1.66. The van der Waals surface area contributed by atoms with E-state index in [1.54, 1.807) is 4.90 Å². The molecule has 1 aromatic heterocycles. The van der Waals surface area contributed by atoms with Crippen LogP contribution in [0.4, 0.5) is 5.69 Å². The molecule has 0 fully saturated rings. The summed E-state index contributed by atoms with van der Waals surface area (Å²) < 4.78 is 5.13. The third-order valence-corrected chi connectivity index (χ3v) is 3.03. The molecule has 0 spiro atoms. The Labute approximate surface area is 123 Å². The van der Waals surface area contributed by atoms with Crippen molar-refractivity contribution in [1.82, 2.24) is 10.1 Å². The molecule has 0 bridgehead atoms. The Bertz CT molecular complexity index is 592. The van der Waals surface area contributed by atoms with Crippen molar-refractivity contribution in [3.8, 4) is 0 Å². The number of benzene rings is 1. The summed E-state index contributed by atoms with van der Waals surface area (Å²) in [6.45, 7) is 4.22. The zero-order chi connectivity index (χ0) is 15.2. The SMILES string of the molecule is CCCc1nc(CN(CC(=O)O)c2ccc(C)cc2)no1. The van der Waals surface area contributed by atoms with Crippen molar-refractivity contribution >= 4 is 11.7 Å². The lowest BCUT2D eigenvalue weighted by atomic mass is 10.2. The van der Waals surface area contributed by atoms with Crippen LogP contribution in [-0.2, 0) is 17.8 Å². The Balaban J connectivity index is 2.15. The summed E-state index contributed by atoms with van der Waals surface area (Å²) in [4.78, 5) is 17.0. The Hall–Kier alpha value is -2.37. The first-order chi connectivity index (χ1) is 10.1. The predicted octanol–water partition coefficient (Wildman–Crippen LogP) is 2.42. The van der Waals surface area contributed by atoms with Gasteiger partial charge in [0.1, 0.15) is 6.54 Å². The summed E-state index contributed by atoms with van der Waals surface area (Å²) in [7, 11) is 0.